The van der Waals surface area contributed by atoms with E-state index in [0.29, 0.717) is 0 Å². The van der Waals surface area contributed by atoms with Crippen LogP contribution in [0.15, 0.2) is 12.5 Å². The van der Waals surface area contributed by atoms with Crippen molar-refractivity contribution < 1.29 is 61.4 Å². The zero-order valence-corrected chi connectivity index (χ0v) is 19.5. The Morgan fingerprint density at radius 2 is 1.88 bits per heavy atom. The number of nitrogens with two attached hydrogens (primary N) is 1. The maximum absolute atomic E-state index is 12.1. The molecule has 0 aliphatic carbocycles. The number of hydrogen-bond donors (Lipinski definition) is 7. The predicted molar refractivity (Wildman–Crippen MR) is 108 cm³/mol. The van der Waals surface area contributed by atoms with Crippen LogP contribution in [-0.4, -0.2) is 73.2 Å². The van der Waals surface area contributed by atoms with Gasteiger partial charge in [0.25, 0.3) is 0 Å². The van der Waals surface area contributed by atoms with Crippen molar-refractivity contribution >= 4 is 40.6 Å². The second kappa shape index (κ2) is 9.01. The molecule has 8 N–H and O–H groups in total. The number of terminal acetylenes is 1. The molecule has 1 aliphatic rings. The predicted octanol–water partition coefficient (Wildman–Crippen LogP) is -1.24. The van der Waals surface area contributed by atoms with E-state index in [1.165, 1.54) is 6.20 Å². The number of ether oxygens (including phenoxy) is 1. The number of nitrogens with zero attached hydrogens (tertiary/aromatic N) is 4. The fraction of sp³-hybridized carbons (Fsp3) is 0.462. The zero-order valence-electron chi connectivity index (χ0n) is 16.8. The van der Waals surface area contributed by atoms with Gasteiger partial charge < -0.3 is 40.3 Å². The maximum atomic E-state index is 12.1. The van der Waals surface area contributed by atoms with Crippen LogP contribution in [0.4, 0.5) is 5.95 Å². The largest absolute Gasteiger partial charge is 0.490 e. The van der Waals surface area contributed by atoms with Crippen LogP contribution in [0.3, 0.4) is 0 Å². The van der Waals surface area contributed by atoms with Crippen molar-refractivity contribution in [2.24, 2.45) is 0 Å². The van der Waals surface area contributed by atoms with Crippen LogP contribution < -0.4 is 5.73 Å². The molecule has 3 rings (SSSR count). The molecule has 1 fully saturated rings. The molecule has 0 bridgehead atoms. The Balaban J connectivity index is 1.85. The molecule has 2 aromatic heterocycles. The van der Waals surface area contributed by atoms with Crippen molar-refractivity contribution in [2.45, 2.75) is 37.1 Å². The van der Waals surface area contributed by atoms with E-state index >= 15 is 0 Å². The van der Waals surface area contributed by atoms with Gasteiger partial charge in [-0.3, -0.25) is 9.09 Å². The molecule has 1 aliphatic heterocycles. The first kappa shape index (κ1) is 26.8. The number of nitrogen functional groups attached to an aromatic ring is 1. The number of fused-ring (bicyclic) bond motifs is 1. The Labute approximate surface area is 189 Å². The second-order valence-corrected chi connectivity index (χ2v) is 11.2. The van der Waals surface area contributed by atoms with Gasteiger partial charge >= 0.3 is 23.5 Å². The van der Waals surface area contributed by atoms with E-state index in [0.717, 1.165) is 17.8 Å². The average Bonchev–Trinajstić information content (AvgIpc) is 3.17. The lowest BCUT2D eigenvalue weighted by Gasteiger charge is -2.27. The molecule has 3 heterocycles. The van der Waals surface area contributed by atoms with E-state index in [1.54, 1.807) is 0 Å². The van der Waals surface area contributed by atoms with Crippen LogP contribution >= 0.6 is 23.5 Å². The fourth-order valence-electron chi connectivity index (χ4n) is 3.11. The van der Waals surface area contributed by atoms with E-state index in [4.69, 9.17) is 26.7 Å². The smallest absolute Gasteiger partial charge is 0.386 e. The van der Waals surface area contributed by atoms with Gasteiger partial charge in [0, 0.05) is 0 Å². The van der Waals surface area contributed by atoms with E-state index in [9.17, 15) is 33.7 Å². The standard InChI is InChI=1S/C13H18N5O13P3/c1-3-13(20)9(19)8(6(2)29-33(24,25)31-34(26,27)30-32(21,22)23)28-11(13)18-5-16-7-4-15-12(14)17-10(7)18/h1,4-6,8-9,11,19-20H,2H3,(H,24,25)(H,26,27)(H2,14,15,17)(H2,21,22,23)/t6-,8-,9+,11-,13?/m1/s1. The molecular formula is C13H18N5O13P3. The first-order valence-electron chi connectivity index (χ1n) is 8.79. The molecule has 34 heavy (non-hydrogen) atoms. The Morgan fingerprint density at radius 3 is 2.47 bits per heavy atom. The molecule has 21 heteroatoms. The molecule has 0 saturated carbocycles. The van der Waals surface area contributed by atoms with Gasteiger partial charge in [0.1, 0.15) is 17.7 Å². The molecule has 188 valence electrons. The molecule has 0 radical (unpaired) electrons. The minimum Gasteiger partial charge on any atom is -0.386 e. The lowest BCUT2D eigenvalue weighted by molar-refractivity contribution is -0.0831. The maximum Gasteiger partial charge on any atom is 0.490 e. The van der Waals surface area contributed by atoms with E-state index in [2.05, 4.69) is 28.1 Å². The first-order valence-corrected chi connectivity index (χ1v) is 13.3. The summed E-state index contributed by atoms with van der Waals surface area (Å²) in [5.41, 5.74) is 3.37. The van der Waals surface area contributed by atoms with Gasteiger partial charge in [0.15, 0.2) is 17.5 Å². The van der Waals surface area contributed by atoms with Gasteiger partial charge in [-0.25, -0.2) is 23.7 Å². The van der Waals surface area contributed by atoms with Crippen molar-refractivity contribution in [2.75, 3.05) is 5.73 Å². The number of aliphatic hydroxyl groups is 2. The average molecular weight is 545 g/mol. The molecule has 0 amide bonds. The van der Waals surface area contributed by atoms with E-state index in [1.807, 2.05) is 5.92 Å². The van der Waals surface area contributed by atoms with Crippen LogP contribution in [0.2, 0.25) is 0 Å². The summed E-state index contributed by atoms with van der Waals surface area (Å²) in [6.45, 7) is 1.04. The SMILES string of the molecule is C#CC1(O)[C@@H](O)[C@@H]([C@@H](C)OP(=O)(O)OP(=O)(O)OP(=O)(O)O)O[C@H]1n1cnc2cnc(N)nc21. The summed E-state index contributed by atoms with van der Waals surface area (Å²) >= 11 is 0. The van der Waals surface area contributed by atoms with Crippen molar-refractivity contribution in [3.05, 3.63) is 12.5 Å². The van der Waals surface area contributed by atoms with Gasteiger partial charge in [-0.1, -0.05) is 5.92 Å². The van der Waals surface area contributed by atoms with Crippen LogP contribution in [0.1, 0.15) is 13.2 Å². The molecule has 0 spiro atoms. The highest BCUT2D eigenvalue weighted by Gasteiger charge is 2.58. The highest BCUT2D eigenvalue weighted by molar-refractivity contribution is 7.66. The topological polar surface area (TPSA) is 279 Å². The van der Waals surface area contributed by atoms with Crippen LogP contribution in [0.5, 0.6) is 0 Å². The van der Waals surface area contributed by atoms with Crippen molar-refractivity contribution in [1.29, 1.82) is 0 Å². The first-order chi connectivity index (χ1) is 15.5. The molecule has 0 aromatic carbocycles. The zero-order chi connectivity index (χ0) is 25.7. The van der Waals surface area contributed by atoms with Gasteiger partial charge in [-0.05, 0) is 6.92 Å². The van der Waals surface area contributed by atoms with Gasteiger partial charge in [0.05, 0.1) is 18.6 Å². The third kappa shape index (κ3) is 5.54. The Morgan fingerprint density at radius 1 is 1.24 bits per heavy atom. The third-order valence-corrected chi connectivity index (χ3v) is 8.35. The van der Waals surface area contributed by atoms with E-state index < -0.39 is 53.6 Å². The lowest BCUT2D eigenvalue weighted by Crippen LogP contribution is -2.47. The number of imidazole rings is 1. The number of phosphoric ester groups is 1. The minimum atomic E-state index is -5.78. The summed E-state index contributed by atoms with van der Waals surface area (Å²) in [5, 5.41) is 21.5. The van der Waals surface area contributed by atoms with Crippen LogP contribution in [-0.2, 0) is 31.6 Å². The summed E-state index contributed by atoms with van der Waals surface area (Å²) < 4.78 is 52.9. The Kier molecular flexibility index (Phi) is 7.10. The number of phosphoric acid groups is 3. The molecule has 3 unspecified atom stereocenters. The highest BCUT2D eigenvalue weighted by atomic mass is 31.3. The second-order valence-electron chi connectivity index (χ2n) is 6.86. The normalized spacial score (nSPS) is 29.9. The van der Waals surface area contributed by atoms with Crippen molar-refractivity contribution in [3.8, 4) is 12.3 Å². The van der Waals surface area contributed by atoms with Gasteiger partial charge in [0.2, 0.25) is 5.95 Å². The number of aliphatic hydroxyl groups excluding tert-OH is 1. The van der Waals surface area contributed by atoms with E-state index in [-0.39, 0.29) is 17.1 Å². The number of hydrogen-bond acceptors (Lipinski definition) is 13. The minimum absolute atomic E-state index is 0.0552. The molecule has 7 atom stereocenters. The van der Waals surface area contributed by atoms with Crippen LogP contribution in [0, 0.1) is 12.3 Å². The van der Waals surface area contributed by atoms with Crippen LogP contribution in [0.25, 0.3) is 11.2 Å². The van der Waals surface area contributed by atoms with Gasteiger partial charge in [-0.15, -0.1) is 6.42 Å². The highest BCUT2D eigenvalue weighted by Crippen LogP contribution is 2.66. The molecule has 18 nitrogen and oxygen atoms in total. The fourth-order valence-corrected chi connectivity index (χ4v) is 6.31. The third-order valence-electron chi connectivity index (χ3n) is 4.42. The number of aromatic nitrogens is 4. The summed E-state index contributed by atoms with van der Waals surface area (Å²) in [6.07, 6.45) is 0.923. The Bertz CT molecular complexity index is 1270. The summed E-state index contributed by atoms with van der Waals surface area (Å²) in [7, 11) is -16.9. The molecule has 1 saturated heterocycles. The summed E-state index contributed by atoms with van der Waals surface area (Å²) in [5.74, 6) is 1.81. The van der Waals surface area contributed by atoms with Gasteiger partial charge in [-0.2, -0.15) is 13.6 Å². The number of rotatable bonds is 8. The monoisotopic (exact) mass is 545 g/mol. The van der Waals surface area contributed by atoms with Crippen molar-refractivity contribution in [3.63, 3.8) is 0 Å². The Hall–Kier alpha value is -1.80. The molecular weight excluding hydrogens is 527 g/mol. The quantitative estimate of drug-likeness (QED) is 0.151. The summed E-state index contributed by atoms with van der Waals surface area (Å²) in [6, 6.07) is 0. The lowest BCUT2D eigenvalue weighted by atomic mass is 9.93. The number of anilines is 1. The summed E-state index contributed by atoms with van der Waals surface area (Å²) in [4.78, 5) is 47.9. The van der Waals surface area contributed by atoms with Crippen molar-refractivity contribution in [1.82, 2.24) is 19.5 Å². The molecule has 2 aromatic rings.